The fraction of sp³-hybridized carbons (Fsp3) is 0.333. The van der Waals surface area contributed by atoms with Crippen LogP contribution in [0.4, 0.5) is 0 Å². The highest BCUT2D eigenvalue weighted by molar-refractivity contribution is 9.09. The van der Waals surface area contributed by atoms with E-state index in [4.69, 9.17) is 0 Å². The van der Waals surface area contributed by atoms with Crippen LogP contribution in [0.5, 0.6) is 5.75 Å². The van der Waals surface area contributed by atoms with Crippen molar-refractivity contribution in [2.75, 3.05) is 23.7 Å². The predicted molar refractivity (Wildman–Crippen MR) is 100 cm³/mol. The lowest BCUT2D eigenvalue weighted by Gasteiger charge is -2.31. The molecule has 0 aliphatic carbocycles. The molecule has 0 saturated carbocycles. The molecule has 4 heteroatoms. The van der Waals surface area contributed by atoms with Gasteiger partial charge in [0.2, 0.25) is 0 Å². The summed E-state index contributed by atoms with van der Waals surface area (Å²) in [5.41, 5.74) is 2.47. The molecule has 0 heterocycles. The van der Waals surface area contributed by atoms with Gasteiger partial charge in [-0.3, -0.25) is 4.90 Å². The second-order valence-electron chi connectivity index (χ2n) is 5.21. The second-order valence-corrected chi connectivity index (χ2v) is 6.80. The van der Waals surface area contributed by atoms with Crippen molar-refractivity contribution in [2.24, 2.45) is 0 Å². The Labute approximate surface area is 149 Å². The average Bonchev–Trinajstić information content (AvgIpc) is 2.53. The number of aromatic hydroxyl groups is 1. The minimum absolute atomic E-state index is 0.304. The van der Waals surface area contributed by atoms with Gasteiger partial charge < -0.3 is 5.11 Å². The van der Waals surface area contributed by atoms with Gasteiger partial charge in [-0.15, -0.1) is 0 Å². The lowest BCUT2D eigenvalue weighted by Crippen LogP contribution is -2.33. The summed E-state index contributed by atoms with van der Waals surface area (Å²) in [6.07, 6.45) is 0.887. The van der Waals surface area contributed by atoms with E-state index in [0.29, 0.717) is 11.8 Å². The quantitative estimate of drug-likeness (QED) is 0.614. The van der Waals surface area contributed by atoms with Gasteiger partial charge >= 0.3 is 0 Å². The van der Waals surface area contributed by atoms with Crippen molar-refractivity contribution in [3.8, 4) is 5.75 Å². The van der Waals surface area contributed by atoms with Crippen molar-refractivity contribution in [2.45, 2.75) is 12.5 Å². The summed E-state index contributed by atoms with van der Waals surface area (Å²) in [5, 5.41) is 11.6. The first-order chi connectivity index (χ1) is 10.7. The molecule has 1 unspecified atom stereocenters. The Morgan fingerprint density at radius 2 is 1.59 bits per heavy atom. The van der Waals surface area contributed by atoms with Crippen LogP contribution in [-0.2, 0) is 6.42 Å². The summed E-state index contributed by atoms with van der Waals surface area (Å²) in [4.78, 5) is 2.48. The fourth-order valence-electron chi connectivity index (χ4n) is 2.68. The summed E-state index contributed by atoms with van der Waals surface area (Å²) in [7, 11) is 0. The minimum atomic E-state index is 0.304. The highest BCUT2D eigenvalue weighted by Gasteiger charge is 2.20. The standard InChI is InChI=1S/C18H21Br2NO/c19-9-11-21(12-10-20)18(16-6-2-1-3-7-16)14-15-5-4-8-17(22)13-15/h1-8,13,18,22H,9-12,14H2. The molecule has 1 atom stereocenters. The van der Waals surface area contributed by atoms with Crippen LogP contribution in [0.3, 0.4) is 0 Å². The van der Waals surface area contributed by atoms with Gasteiger partial charge in [0.25, 0.3) is 0 Å². The molecule has 2 aromatic rings. The first-order valence-corrected chi connectivity index (χ1v) is 9.67. The maximum atomic E-state index is 9.71. The molecule has 1 N–H and O–H groups in total. The van der Waals surface area contributed by atoms with Crippen molar-refractivity contribution in [1.82, 2.24) is 4.90 Å². The Morgan fingerprint density at radius 1 is 0.909 bits per heavy atom. The van der Waals surface area contributed by atoms with Gasteiger partial charge in [0.1, 0.15) is 5.75 Å². The first-order valence-electron chi connectivity index (χ1n) is 7.43. The smallest absolute Gasteiger partial charge is 0.115 e. The highest BCUT2D eigenvalue weighted by atomic mass is 79.9. The molecule has 2 nitrogen and oxygen atoms in total. The fourth-order valence-corrected chi connectivity index (χ4v) is 3.59. The second kappa shape index (κ2) is 9.33. The van der Waals surface area contributed by atoms with E-state index in [2.05, 4.69) is 67.1 Å². The maximum absolute atomic E-state index is 9.71. The minimum Gasteiger partial charge on any atom is -0.508 e. The van der Waals surface area contributed by atoms with Crippen LogP contribution in [0.2, 0.25) is 0 Å². The van der Waals surface area contributed by atoms with Crippen LogP contribution in [0, 0.1) is 0 Å². The third-order valence-corrected chi connectivity index (χ3v) is 4.42. The first kappa shape index (κ1) is 17.5. The number of phenolic OH excluding ortho intramolecular Hbond substituents is 1. The van der Waals surface area contributed by atoms with E-state index in [-0.39, 0.29) is 0 Å². The molecule has 0 fully saturated rings. The highest BCUT2D eigenvalue weighted by Crippen LogP contribution is 2.26. The monoisotopic (exact) mass is 425 g/mol. The van der Waals surface area contributed by atoms with Crippen molar-refractivity contribution < 1.29 is 5.11 Å². The molecule has 0 amide bonds. The maximum Gasteiger partial charge on any atom is 0.115 e. The average molecular weight is 427 g/mol. The topological polar surface area (TPSA) is 23.5 Å². The number of hydrogen-bond acceptors (Lipinski definition) is 2. The van der Waals surface area contributed by atoms with E-state index >= 15 is 0 Å². The Kier molecular flexibility index (Phi) is 7.43. The van der Waals surface area contributed by atoms with Gasteiger partial charge in [0.05, 0.1) is 0 Å². The third-order valence-electron chi connectivity index (χ3n) is 3.71. The molecule has 0 aliphatic rings. The number of alkyl halides is 2. The van der Waals surface area contributed by atoms with Crippen molar-refractivity contribution in [3.63, 3.8) is 0 Å². The van der Waals surface area contributed by atoms with Crippen molar-refractivity contribution in [1.29, 1.82) is 0 Å². The molecule has 0 spiro atoms. The van der Waals surface area contributed by atoms with E-state index in [0.717, 1.165) is 35.7 Å². The molecule has 0 radical (unpaired) electrons. The number of benzene rings is 2. The molecular weight excluding hydrogens is 406 g/mol. The van der Waals surface area contributed by atoms with Crippen molar-refractivity contribution >= 4 is 31.9 Å². The zero-order valence-electron chi connectivity index (χ0n) is 12.5. The van der Waals surface area contributed by atoms with E-state index in [9.17, 15) is 5.11 Å². The molecule has 2 aromatic carbocycles. The van der Waals surface area contributed by atoms with Crippen LogP contribution >= 0.6 is 31.9 Å². The molecule has 118 valence electrons. The van der Waals surface area contributed by atoms with Crippen LogP contribution in [0.25, 0.3) is 0 Å². The molecular formula is C18H21Br2NO. The number of nitrogens with zero attached hydrogens (tertiary/aromatic N) is 1. The summed E-state index contributed by atoms with van der Waals surface area (Å²) < 4.78 is 0. The zero-order valence-corrected chi connectivity index (χ0v) is 15.6. The van der Waals surface area contributed by atoms with Gasteiger partial charge in [-0.05, 0) is 29.7 Å². The van der Waals surface area contributed by atoms with Crippen LogP contribution < -0.4 is 0 Å². The number of hydrogen-bond donors (Lipinski definition) is 1. The number of phenols is 1. The summed E-state index contributed by atoms with van der Waals surface area (Å²) in [6, 6.07) is 18.5. The van der Waals surface area contributed by atoms with E-state index in [1.54, 1.807) is 6.07 Å². The Morgan fingerprint density at radius 3 is 2.18 bits per heavy atom. The van der Waals surface area contributed by atoms with Crippen LogP contribution in [-0.4, -0.2) is 33.8 Å². The number of rotatable bonds is 8. The third kappa shape index (κ3) is 5.11. The molecule has 2 rings (SSSR count). The van der Waals surface area contributed by atoms with Gasteiger partial charge in [-0.1, -0.05) is 74.3 Å². The van der Waals surface area contributed by atoms with Crippen LogP contribution in [0.15, 0.2) is 54.6 Å². The Bertz CT molecular complexity index is 556. The number of halogens is 2. The van der Waals surface area contributed by atoms with Gasteiger partial charge in [0.15, 0.2) is 0 Å². The van der Waals surface area contributed by atoms with Gasteiger partial charge in [-0.2, -0.15) is 0 Å². The Balaban J connectivity index is 2.28. The molecule has 22 heavy (non-hydrogen) atoms. The summed E-state index contributed by atoms with van der Waals surface area (Å²) >= 11 is 7.12. The lowest BCUT2D eigenvalue weighted by molar-refractivity contribution is 0.222. The summed E-state index contributed by atoms with van der Waals surface area (Å²) in [5.74, 6) is 0.330. The SMILES string of the molecule is Oc1cccc(CC(c2ccccc2)N(CCBr)CCBr)c1. The van der Waals surface area contributed by atoms with Gasteiger partial charge in [0, 0.05) is 29.8 Å². The van der Waals surface area contributed by atoms with Gasteiger partial charge in [-0.25, -0.2) is 0 Å². The van der Waals surface area contributed by atoms with E-state index < -0.39 is 0 Å². The van der Waals surface area contributed by atoms with Crippen LogP contribution in [0.1, 0.15) is 17.2 Å². The molecule has 0 aromatic heterocycles. The lowest BCUT2D eigenvalue weighted by atomic mass is 9.97. The van der Waals surface area contributed by atoms with E-state index in [1.807, 2.05) is 18.2 Å². The normalized spacial score (nSPS) is 12.5. The van der Waals surface area contributed by atoms with Crippen molar-refractivity contribution in [3.05, 3.63) is 65.7 Å². The molecule has 0 aliphatic heterocycles. The largest absolute Gasteiger partial charge is 0.508 e. The molecule has 0 bridgehead atoms. The predicted octanol–water partition coefficient (Wildman–Crippen LogP) is 4.77. The Hall–Kier alpha value is -0.840. The molecule has 0 saturated heterocycles. The van der Waals surface area contributed by atoms with E-state index in [1.165, 1.54) is 5.56 Å². The summed E-state index contributed by atoms with van der Waals surface area (Å²) in [6.45, 7) is 1.98. The zero-order chi connectivity index (χ0) is 15.8.